The Morgan fingerprint density at radius 3 is 2.44 bits per heavy atom. The lowest BCUT2D eigenvalue weighted by Crippen LogP contribution is -2.33. The van der Waals surface area contributed by atoms with E-state index >= 15 is 0 Å². The molecule has 0 heterocycles. The van der Waals surface area contributed by atoms with Gasteiger partial charge in [0, 0.05) is 24.0 Å². The molecule has 0 radical (unpaired) electrons. The number of halogens is 3. The fourth-order valence-corrected chi connectivity index (χ4v) is 4.08. The van der Waals surface area contributed by atoms with Crippen LogP contribution in [0.3, 0.4) is 0 Å². The SMILES string of the molecule is CCCN(CCCl)S(=O)(=O)c1cc(Cl)ccc1Cl. The molecule has 0 saturated carbocycles. The predicted molar refractivity (Wildman–Crippen MR) is 76.2 cm³/mol. The van der Waals surface area contributed by atoms with Crippen molar-refractivity contribution in [3.8, 4) is 0 Å². The van der Waals surface area contributed by atoms with Gasteiger partial charge in [-0.05, 0) is 24.6 Å². The summed E-state index contributed by atoms with van der Waals surface area (Å²) < 4.78 is 26.1. The van der Waals surface area contributed by atoms with E-state index in [9.17, 15) is 8.42 Å². The fourth-order valence-electron chi connectivity index (χ4n) is 1.51. The van der Waals surface area contributed by atoms with Crippen LogP contribution in [0.1, 0.15) is 13.3 Å². The number of nitrogens with zero attached hydrogens (tertiary/aromatic N) is 1. The summed E-state index contributed by atoms with van der Waals surface area (Å²) in [7, 11) is -3.65. The number of hydrogen-bond acceptors (Lipinski definition) is 2. The Balaban J connectivity index is 3.21. The zero-order valence-corrected chi connectivity index (χ0v) is 13.0. The first-order valence-corrected chi connectivity index (χ1v) is 8.17. The van der Waals surface area contributed by atoms with E-state index in [0.29, 0.717) is 18.0 Å². The van der Waals surface area contributed by atoms with Crippen molar-refractivity contribution in [2.24, 2.45) is 0 Å². The van der Waals surface area contributed by atoms with Gasteiger partial charge >= 0.3 is 0 Å². The summed E-state index contributed by atoms with van der Waals surface area (Å²) in [5.74, 6) is 0.234. The number of sulfonamides is 1. The molecule has 0 N–H and O–H groups in total. The predicted octanol–water partition coefficient (Wildman–Crippen LogP) is 3.63. The molecule has 7 heteroatoms. The minimum absolute atomic E-state index is 0.0234. The molecular weight excluding hydrogens is 317 g/mol. The van der Waals surface area contributed by atoms with Crippen LogP contribution in [-0.2, 0) is 10.0 Å². The van der Waals surface area contributed by atoms with Gasteiger partial charge in [-0.2, -0.15) is 4.31 Å². The first-order chi connectivity index (χ1) is 8.43. The van der Waals surface area contributed by atoms with Crippen molar-refractivity contribution in [2.45, 2.75) is 18.2 Å². The zero-order chi connectivity index (χ0) is 13.8. The van der Waals surface area contributed by atoms with E-state index in [4.69, 9.17) is 34.8 Å². The second-order valence-corrected chi connectivity index (χ2v) is 6.80. The second kappa shape index (κ2) is 6.96. The molecule has 18 heavy (non-hydrogen) atoms. The Bertz CT molecular complexity index is 499. The molecule has 0 aromatic heterocycles. The summed E-state index contributed by atoms with van der Waals surface area (Å²) in [5.41, 5.74) is 0. The van der Waals surface area contributed by atoms with Crippen LogP contribution in [-0.4, -0.2) is 31.7 Å². The summed E-state index contributed by atoms with van der Waals surface area (Å²) in [4.78, 5) is 0.0234. The summed E-state index contributed by atoms with van der Waals surface area (Å²) in [6.07, 6.45) is 0.703. The molecule has 0 spiro atoms. The van der Waals surface area contributed by atoms with E-state index in [-0.39, 0.29) is 22.3 Å². The third-order valence-electron chi connectivity index (χ3n) is 2.32. The highest BCUT2D eigenvalue weighted by molar-refractivity contribution is 7.89. The Morgan fingerprint density at radius 1 is 1.22 bits per heavy atom. The van der Waals surface area contributed by atoms with Gasteiger partial charge in [-0.25, -0.2) is 8.42 Å². The Hall–Kier alpha value is -0.000000000000000111. The monoisotopic (exact) mass is 329 g/mol. The summed E-state index contributed by atoms with van der Waals surface area (Å²) in [6.45, 7) is 2.55. The van der Waals surface area contributed by atoms with Gasteiger partial charge in [0.2, 0.25) is 10.0 Å². The van der Waals surface area contributed by atoms with E-state index < -0.39 is 10.0 Å². The van der Waals surface area contributed by atoms with Crippen molar-refractivity contribution < 1.29 is 8.42 Å². The van der Waals surface area contributed by atoms with E-state index in [1.165, 1.54) is 16.4 Å². The molecule has 0 aliphatic carbocycles. The highest BCUT2D eigenvalue weighted by Gasteiger charge is 2.25. The third-order valence-corrected chi connectivity index (χ3v) is 5.10. The van der Waals surface area contributed by atoms with Gasteiger partial charge in [-0.1, -0.05) is 30.1 Å². The fraction of sp³-hybridized carbons (Fsp3) is 0.455. The van der Waals surface area contributed by atoms with Gasteiger partial charge in [-0.3, -0.25) is 0 Å². The van der Waals surface area contributed by atoms with Gasteiger partial charge in [0.25, 0.3) is 0 Å². The van der Waals surface area contributed by atoms with Crippen LogP contribution in [0, 0.1) is 0 Å². The highest BCUT2D eigenvalue weighted by atomic mass is 35.5. The zero-order valence-electron chi connectivity index (χ0n) is 9.87. The minimum Gasteiger partial charge on any atom is -0.207 e. The van der Waals surface area contributed by atoms with E-state index in [1.807, 2.05) is 6.92 Å². The van der Waals surface area contributed by atoms with Crippen LogP contribution >= 0.6 is 34.8 Å². The normalized spacial score (nSPS) is 12.1. The molecule has 3 nitrogen and oxygen atoms in total. The standard InChI is InChI=1S/C11H14Cl3NO2S/c1-2-6-15(7-5-12)18(16,17)11-8-9(13)3-4-10(11)14/h3-4,8H,2,5-7H2,1H3. The molecule has 1 rings (SSSR count). The van der Waals surface area contributed by atoms with Crippen molar-refractivity contribution in [3.63, 3.8) is 0 Å². The maximum Gasteiger partial charge on any atom is 0.244 e. The summed E-state index contributed by atoms with van der Waals surface area (Å²) in [6, 6.07) is 4.38. The number of hydrogen-bond donors (Lipinski definition) is 0. The van der Waals surface area contributed by atoms with Crippen LogP contribution in [0.2, 0.25) is 10.0 Å². The number of rotatable bonds is 6. The topological polar surface area (TPSA) is 37.4 Å². The van der Waals surface area contributed by atoms with Gasteiger partial charge < -0.3 is 0 Å². The smallest absolute Gasteiger partial charge is 0.207 e. The van der Waals surface area contributed by atoms with Crippen LogP contribution in [0.15, 0.2) is 23.1 Å². The van der Waals surface area contributed by atoms with Gasteiger partial charge in [0.05, 0.1) is 5.02 Å². The Kier molecular flexibility index (Phi) is 6.21. The highest BCUT2D eigenvalue weighted by Crippen LogP contribution is 2.27. The van der Waals surface area contributed by atoms with Crippen LogP contribution in [0.25, 0.3) is 0 Å². The van der Waals surface area contributed by atoms with Crippen molar-refractivity contribution in [3.05, 3.63) is 28.2 Å². The first kappa shape index (κ1) is 16.1. The summed E-state index contributed by atoms with van der Waals surface area (Å²) >= 11 is 17.4. The molecule has 0 aliphatic heterocycles. The van der Waals surface area contributed by atoms with Crippen molar-refractivity contribution in [1.29, 1.82) is 0 Å². The second-order valence-electron chi connectivity index (χ2n) is 3.67. The largest absolute Gasteiger partial charge is 0.244 e. The quantitative estimate of drug-likeness (QED) is 0.747. The molecule has 1 aromatic carbocycles. The molecule has 0 bridgehead atoms. The lowest BCUT2D eigenvalue weighted by Gasteiger charge is -2.21. The molecule has 0 unspecified atom stereocenters. The van der Waals surface area contributed by atoms with Gasteiger partial charge in [0.15, 0.2) is 0 Å². The van der Waals surface area contributed by atoms with E-state index in [1.54, 1.807) is 6.07 Å². The molecule has 0 fully saturated rings. The first-order valence-electron chi connectivity index (χ1n) is 5.44. The average molecular weight is 331 g/mol. The molecule has 0 atom stereocenters. The molecular formula is C11H14Cl3NO2S. The Morgan fingerprint density at radius 2 is 1.89 bits per heavy atom. The van der Waals surface area contributed by atoms with Gasteiger partial charge in [0.1, 0.15) is 4.90 Å². The van der Waals surface area contributed by atoms with Crippen LogP contribution < -0.4 is 0 Å². The lowest BCUT2D eigenvalue weighted by atomic mass is 10.4. The lowest BCUT2D eigenvalue weighted by molar-refractivity contribution is 0.429. The molecule has 0 aliphatic rings. The maximum atomic E-state index is 12.4. The van der Waals surface area contributed by atoms with Gasteiger partial charge in [-0.15, -0.1) is 11.6 Å². The molecule has 102 valence electrons. The van der Waals surface area contributed by atoms with Crippen molar-refractivity contribution >= 4 is 44.8 Å². The summed E-state index contributed by atoms with van der Waals surface area (Å²) in [5, 5.41) is 0.496. The number of alkyl halides is 1. The van der Waals surface area contributed by atoms with Crippen molar-refractivity contribution in [2.75, 3.05) is 19.0 Å². The molecule has 0 amide bonds. The Labute approximate surface area is 123 Å². The average Bonchev–Trinajstić information content (AvgIpc) is 2.32. The minimum atomic E-state index is -3.65. The van der Waals surface area contributed by atoms with E-state index in [0.717, 1.165) is 0 Å². The molecule has 0 saturated heterocycles. The van der Waals surface area contributed by atoms with Crippen LogP contribution in [0.5, 0.6) is 0 Å². The van der Waals surface area contributed by atoms with E-state index in [2.05, 4.69) is 0 Å². The molecule has 1 aromatic rings. The van der Waals surface area contributed by atoms with Crippen molar-refractivity contribution in [1.82, 2.24) is 4.31 Å². The number of benzene rings is 1. The third kappa shape index (κ3) is 3.75. The van der Waals surface area contributed by atoms with Crippen LogP contribution in [0.4, 0.5) is 0 Å². The maximum absolute atomic E-state index is 12.4.